The van der Waals surface area contributed by atoms with Crippen molar-refractivity contribution in [3.63, 3.8) is 0 Å². The lowest BCUT2D eigenvalue weighted by atomic mass is 9.86. The van der Waals surface area contributed by atoms with Crippen molar-refractivity contribution in [1.29, 1.82) is 0 Å². The van der Waals surface area contributed by atoms with Gasteiger partial charge in [0.05, 0.1) is 24.3 Å². The van der Waals surface area contributed by atoms with E-state index in [1.54, 1.807) is 56.3 Å². The van der Waals surface area contributed by atoms with E-state index in [-0.39, 0.29) is 41.6 Å². The Balaban J connectivity index is 1.21. The quantitative estimate of drug-likeness (QED) is 0.183. The third-order valence-corrected chi connectivity index (χ3v) is 9.81. The minimum Gasteiger partial charge on any atom is -0.497 e. The van der Waals surface area contributed by atoms with Crippen LogP contribution < -0.4 is 20.2 Å². The molecule has 3 unspecified atom stereocenters. The Morgan fingerprint density at radius 2 is 1.88 bits per heavy atom. The van der Waals surface area contributed by atoms with Gasteiger partial charge in [-0.05, 0) is 48.9 Å². The minimum absolute atomic E-state index is 0.0504. The van der Waals surface area contributed by atoms with Crippen molar-refractivity contribution in [3.8, 4) is 5.75 Å². The molecule has 3 atom stereocenters. The second-order valence-electron chi connectivity index (χ2n) is 9.25. The Morgan fingerprint density at radius 3 is 2.60 bits per heavy atom. The molecule has 0 aliphatic carbocycles. The molecule has 218 valence electrons. The first-order chi connectivity index (χ1) is 20.3. The molecule has 0 radical (unpaired) electrons. The van der Waals surface area contributed by atoms with Gasteiger partial charge in [-0.3, -0.25) is 14.4 Å². The fourth-order valence-electron chi connectivity index (χ4n) is 4.49. The highest BCUT2D eigenvalue weighted by molar-refractivity contribution is 8.15. The van der Waals surface area contributed by atoms with Crippen LogP contribution in [0.1, 0.15) is 40.1 Å². The number of thioether (sulfide) groups is 2. The lowest BCUT2D eigenvalue weighted by Crippen LogP contribution is -2.28. The molecule has 14 heteroatoms. The smallest absolute Gasteiger partial charge is 0.338 e. The van der Waals surface area contributed by atoms with Gasteiger partial charge in [-0.1, -0.05) is 35.2 Å². The fraction of sp³-hybridized carbons (Fsp3) is 0.286. The number of amidine groups is 1. The number of aromatic amines is 1. The van der Waals surface area contributed by atoms with E-state index in [0.29, 0.717) is 22.2 Å². The molecule has 3 aromatic rings. The molecule has 1 aromatic heterocycles. The van der Waals surface area contributed by atoms with Crippen LogP contribution in [0.25, 0.3) is 0 Å². The van der Waals surface area contributed by atoms with Gasteiger partial charge < -0.3 is 25.1 Å². The van der Waals surface area contributed by atoms with E-state index in [9.17, 15) is 19.2 Å². The van der Waals surface area contributed by atoms with Crippen molar-refractivity contribution in [3.05, 3.63) is 74.2 Å². The summed E-state index contributed by atoms with van der Waals surface area (Å²) in [5, 5.41) is 14.4. The summed E-state index contributed by atoms with van der Waals surface area (Å²) in [5.74, 6) is 0.181. The number of benzene rings is 2. The molecule has 2 amide bonds. The molecule has 0 saturated carbocycles. The van der Waals surface area contributed by atoms with Crippen molar-refractivity contribution >= 4 is 69.7 Å². The third kappa shape index (κ3) is 6.94. The highest BCUT2D eigenvalue weighted by Crippen LogP contribution is 2.44. The van der Waals surface area contributed by atoms with E-state index < -0.39 is 11.2 Å². The molecule has 3 N–H and O–H groups in total. The molecular weight excluding hydrogens is 599 g/mol. The maximum Gasteiger partial charge on any atom is 0.338 e. The molecule has 1 fully saturated rings. The second kappa shape index (κ2) is 13.4. The van der Waals surface area contributed by atoms with Gasteiger partial charge in [-0.25, -0.2) is 4.79 Å². The van der Waals surface area contributed by atoms with Crippen LogP contribution in [0.15, 0.2) is 68.6 Å². The summed E-state index contributed by atoms with van der Waals surface area (Å²) in [5.41, 5.74) is 1.91. The van der Waals surface area contributed by atoms with E-state index >= 15 is 0 Å². The number of nitrogens with zero attached hydrogens (tertiary/aromatic N) is 2. The summed E-state index contributed by atoms with van der Waals surface area (Å²) in [4.78, 5) is 52.8. The van der Waals surface area contributed by atoms with Gasteiger partial charge in [0.1, 0.15) is 11.0 Å². The molecule has 3 heterocycles. The molecule has 2 aliphatic rings. The molecule has 5 rings (SSSR count). The normalized spacial score (nSPS) is 20.8. The van der Waals surface area contributed by atoms with Crippen molar-refractivity contribution < 1.29 is 23.9 Å². The van der Waals surface area contributed by atoms with Gasteiger partial charge in [0.2, 0.25) is 11.8 Å². The molecule has 0 bridgehead atoms. The Morgan fingerprint density at radius 1 is 1.12 bits per heavy atom. The summed E-state index contributed by atoms with van der Waals surface area (Å²) in [6.45, 7) is 2.00. The summed E-state index contributed by atoms with van der Waals surface area (Å²) in [6, 6.07) is 14.1. The van der Waals surface area contributed by atoms with Crippen molar-refractivity contribution in [2.45, 2.75) is 29.5 Å². The number of ether oxygens (including phenoxy) is 2. The summed E-state index contributed by atoms with van der Waals surface area (Å²) < 4.78 is 10.2. The summed E-state index contributed by atoms with van der Waals surface area (Å²) in [7, 11) is 1.61. The van der Waals surface area contributed by atoms with Crippen LogP contribution in [0, 0.1) is 5.92 Å². The standard InChI is InChI=1S/C28H27N5O6S3/c1-3-39-26(36)16-4-8-18(9-5-16)30-21(34)12-20-24(35)31-27(41-20)33-29-13-17-14-40-25-23(42-28(37)32-25)22(17)15-6-10-19(38-2)11-7-15/h4-11,13,17,20,22H,3,12,14H2,1-2H3,(H,30,34)(H,32,37)(H,31,33,35)/b29-13+. The van der Waals surface area contributed by atoms with E-state index in [2.05, 4.69) is 25.8 Å². The number of methoxy groups -OCH3 is 1. The highest BCUT2D eigenvalue weighted by atomic mass is 32.2. The Kier molecular flexibility index (Phi) is 9.45. The third-order valence-electron chi connectivity index (χ3n) is 6.48. The van der Waals surface area contributed by atoms with Gasteiger partial charge in [-0.2, -0.15) is 5.10 Å². The zero-order valence-corrected chi connectivity index (χ0v) is 25.1. The number of thiazole rings is 1. The first-order valence-electron chi connectivity index (χ1n) is 13.0. The van der Waals surface area contributed by atoms with E-state index in [0.717, 1.165) is 33.0 Å². The molecule has 2 aromatic carbocycles. The van der Waals surface area contributed by atoms with Crippen LogP contribution in [0.3, 0.4) is 0 Å². The van der Waals surface area contributed by atoms with Crippen LogP contribution in [-0.2, 0) is 14.3 Å². The predicted molar refractivity (Wildman–Crippen MR) is 165 cm³/mol. The van der Waals surface area contributed by atoms with Crippen LogP contribution in [0.4, 0.5) is 5.69 Å². The second-order valence-corrected chi connectivity index (χ2v) is 12.5. The van der Waals surface area contributed by atoms with E-state index in [1.165, 1.54) is 11.3 Å². The molecule has 2 aliphatic heterocycles. The van der Waals surface area contributed by atoms with Gasteiger partial charge in [0.25, 0.3) is 0 Å². The zero-order chi connectivity index (χ0) is 29.6. The van der Waals surface area contributed by atoms with Gasteiger partial charge >= 0.3 is 10.8 Å². The Bertz CT molecular complexity index is 1580. The summed E-state index contributed by atoms with van der Waals surface area (Å²) in [6.07, 6.45) is 1.68. The lowest BCUT2D eigenvalue weighted by molar-refractivity contribution is -0.122. The number of aromatic nitrogens is 1. The summed E-state index contributed by atoms with van der Waals surface area (Å²) >= 11 is 3.90. The number of amides is 2. The molecule has 42 heavy (non-hydrogen) atoms. The topological polar surface area (TPSA) is 151 Å². The van der Waals surface area contributed by atoms with Crippen LogP contribution in [0.2, 0.25) is 0 Å². The monoisotopic (exact) mass is 625 g/mol. The maximum absolute atomic E-state index is 12.6. The van der Waals surface area contributed by atoms with Crippen LogP contribution >= 0.6 is 34.9 Å². The molecular formula is C28H27N5O6S3. The van der Waals surface area contributed by atoms with E-state index in [1.807, 2.05) is 24.3 Å². The lowest BCUT2D eigenvalue weighted by Gasteiger charge is -2.28. The zero-order valence-electron chi connectivity index (χ0n) is 22.6. The molecule has 11 nitrogen and oxygen atoms in total. The van der Waals surface area contributed by atoms with Crippen molar-refractivity contribution in [1.82, 2.24) is 10.3 Å². The van der Waals surface area contributed by atoms with Gasteiger partial charge in [0, 0.05) is 40.8 Å². The highest BCUT2D eigenvalue weighted by Gasteiger charge is 2.34. The van der Waals surface area contributed by atoms with Crippen molar-refractivity contribution in [2.24, 2.45) is 16.1 Å². The minimum atomic E-state index is -0.658. The SMILES string of the molecule is CCOC(=O)c1ccc(NC(=O)CC2S/C(=N/N=C/C3CSc4[nH]c(=O)sc4C3c3ccc(OC)cc3)NC2=O)cc1. The number of esters is 1. The molecule has 0 spiro atoms. The predicted octanol–water partition coefficient (Wildman–Crippen LogP) is 4.08. The van der Waals surface area contributed by atoms with Crippen molar-refractivity contribution in [2.75, 3.05) is 24.8 Å². The number of carbonyl (C=O) groups is 3. The number of hydrogen-bond donors (Lipinski definition) is 3. The van der Waals surface area contributed by atoms with E-state index in [4.69, 9.17) is 9.47 Å². The fourth-order valence-corrected chi connectivity index (χ4v) is 7.79. The van der Waals surface area contributed by atoms with Crippen LogP contribution in [0.5, 0.6) is 5.75 Å². The number of carbonyl (C=O) groups excluding carboxylic acids is 3. The first-order valence-corrected chi connectivity index (χ1v) is 15.7. The molecule has 1 saturated heterocycles. The number of anilines is 1. The Labute approximate surface area is 253 Å². The average Bonchev–Trinajstić information content (AvgIpc) is 3.53. The number of rotatable bonds is 9. The number of nitrogens with one attached hydrogen (secondary N) is 3. The maximum atomic E-state index is 12.6. The Hall–Kier alpha value is -3.88. The van der Waals surface area contributed by atoms with Crippen LogP contribution in [-0.4, -0.2) is 58.9 Å². The largest absolute Gasteiger partial charge is 0.497 e. The number of H-pyrrole nitrogens is 1. The first kappa shape index (κ1) is 29.6. The van der Waals surface area contributed by atoms with Gasteiger partial charge in [-0.15, -0.1) is 16.9 Å². The number of hydrogen-bond acceptors (Lipinski definition) is 11. The number of fused-ring (bicyclic) bond motifs is 1. The van der Waals surface area contributed by atoms with Gasteiger partial charge in [0.15, 0.2) is 5.17 Å². The average molecular weight is 626 g/mol.